The molecule has 0 saturated carbocycles. The third-order valence-corrected chi connectivity index (χ3v) is 4.52. The number of aromatic nitrogens is 1. The predicted molar refractivity (Wildman–Crippen MR) is 77.0 cm³/mol. The van der Waals surface area contributed by atoms with Crippen LogP contribution in [0.3, 0.4) is 0 Å². The predicted octanol–water partition coefficient (Wildman–Crippen LogP) is 2.36. The van der Waals surface area contributed by atoms with Crippen molar-refractivity contribution < 1.29 is 8.42 Å². The van der Waals surface area contributed by atoms with Crippen LogP contribution in [-0.4, -0.2) is 13.4 Å². The summed E-state index contributed by atoms with van der Waals surface area (Å²) in [6.07, 6.45) is 1.58. The molecule has 0 radical (unpaired) electrons. The van der Waals surface area contributed by atoms with Gasteiger partial charge in [-0.05, 0) is 24.6 Å². The quantitative estimate of drug-likeness (QED) is 0.906. The topological polar surface area (TPSA) is 85.1 Å². The van der Waals surface area contributed by atoms with Crippen LogP contribution in [0.5, 0.6) is 0 Å². The normalized spacial score (nSPS) is 11.5. The molecule has 0 aliphatic heterocycles. The van der Waals surface area contributed by atoms with E-state index in [1.165, 1.54) is 23.5 Å². The van der Waals surface area contributed by atoms with Gasteiger partial charge in [-0.15, -0.1) is 11.3 Å². The van der Waals surface area contributed by atoms with Gasteiger partial charge < -0.3 is 5.32 Å². The van der Waals surface area contributed by atoms with Crippen molar-refractivity contribution >= 4 is 38.6 Å². The van der Waals surface area contributed by atoms with Crippen LogP contribution in [0, 0.1) is 6.92 Å². The summed E-state index contributed by atoms with van der Waals surface area (Å²) >= 11 is 7.16. The summed E-state index contributed by atoms with van der Waals surface area (Å²) in [6.45, 7) is 2.36. The Hall–Kier alpha value is -1.15. The van der Waals surface area contributed by atoms with Gasteiger partial charge in [-0.25, -0.2) is 18.5 Å². The Kier molecular flexibility index (Phi) is 4.10. The van der Waals surface area contributed by atoms with Crippen molar-refractivity contribution in [3.63, 3.8) is 0 Å². The molecule has 5 nitrogen and oxygen atoms in total. The van der Waals surface area contributed by atoms with E-state index >= 15 is 0 Å². The summed E-state index contributed by atoms with van der Waals surface area (Å²) < 4.78 is 23.2. The maximum atomic E-state index is 11.3. The van der Waals surface area contributed by atoms with Gasteiger partial charge >= 0.3 is 0 Å². The van der Waals surface area contributed by atoms with Crippen LogP contribution in [0.15, 0.2) is 29.3 Å². The van der Waals surface area contributed by atoms with E-state index in [0.717, 1.165) is 10.6 Å². The molecule has 19 heavy (non-hydrogen) atoms. The van der Waals surface area contributed by atoms with Crippen LogP contribution in [0.2, 0.25) is 4.34 Å². The summed E-state index contributed by atoms with van der Waals surface area (Å²) in [5.41, 5.74) is 1.63. The van der Waals surface area contributed by atoms with E-state index in [9.17, 15) is 8.42 Å². The zero-order chi connectivity index (χ0) is 14.0. The Labute approximate surface area is 120 Å². The molecule has 3 N–H and O–H groups in total. The number of hydrogen-bond donors (Lipinski definition) is 2. The van der Waals surface area contributed by atoms with Crippen molar-refractivity contribution in [2.24, 2.45) is 5.14 Å². The molecule has 0 saturated heterocycles. The van der Waals surface area contributed by atoms with Crippen molar-refractivity contribution in [3.8, 4) is 0 Å². The first kappa shape index (κ1) is 14.3. The lowest BCUT2D eigenvalue weighted by Gasteiger charge is -2.09. The smallest absolute Gasteiger partial charge is 0.238 e. The number of hydrogen-bond acceptors (Lipinski definition) is 5. The average Bonchev–Trinajstić information content (AvgIpc) is 2.72. The van der Waals surface area contributed by atoms with Gasteiger partial charge in [0, 0.05) is 5.69 Å². The molecule has 1 aromatic carbocycles. The minimum absolute atomic E-state index is 0.0813. The molecule has 0 amide bonds. The van der Waals surface area contributed by atoms with E-state index in [1.807, 2.05) is 6.92 Å². The molecular weight excluding hydrogens is 306 g/mol. The zero-order valence-electron chi connectivity index (χ0n) is 10.1. The summed E-state index contributed by atoms with van der Waals surface area (Å²) in [4.78, 5) is 4.19. The first-order valence-electron chi connectivity index (χ1n) is 5.34. The number of thiazole rings is 1. The van der Waals surface area contributed by atoms with Gasteiger partial charge in [0.25, 0.3) is 0 Å². The highest BCUT2D eigenvalue weighted by Gasteiger charge is 2.10. The van der Waals surface area contributed by atoms with E-state index in [0.29, 0.717) is 16.6 Å². The molecule has 0 spiro atoms. The van der Waals surface area contributed by atoms with E-state index in [1.54, 1.807) is 12.3 Å². The van der Waals surface area contributed by atoms with Gasteiger partial charge in [0.05, 0.1) is 17.6 Å². The second-order valence-electron chi connectivity index (χ2n) is 3.93. The number of sulfonamides is 1. The highest BCUT2D eigenvalue weighted by molar-refractivity contribution is 7.89. The maximum absolute atomic E-state index is 11.3. The fourth-order valence-electron chi connectivity index (χ4n) is 1.51. The van der Waals surface area contributed by atoms with E-state index in [-0.39, 0.29) is 4.90 Å². The molecule has 2 aromatic rings. The Morgan fingerprint density at radius 2 is 2.21 bits per heavy atom. The molecule has 102 valence electrons. The van der Waals surface area contributed by atoms with Crippen LogP contribution in [0.4, 0.5) is 5.69 Å². The number of primary sulfonamides is 1. The molecule has 0 aliphatic carbocycles. The SMILES string of the molecule is Cc1ccc(S(N)(=O)=O)cc1NCc1ncc(Cl)s1. The molecule has 0 atom stereocenters. The molecule has 0 bridgehead atoms. The second-order valence-corrected chi connectivity index (χ2v) is 7.24. The number of nitrogens with two attached hydrogens (primary N) is 1. The van der Waals surface area contributed by atoms with Crippen molar-refractivity contribution in [3.05, 3.63) is 39.3 Å². The van der Waals surface area contributed by atoms with Crippen LogP contribution in [0.25, 0.3) is 0 Å². The Morgan fingerprint density at radius 3 is 2.79 bits per heavy atom. The number of nitrogens with one attached hydrogen (secondary N) is 1. The van der Waals surface area contributed by atoms with Crippen LogP contribution in [0.1, 0.15) is 10.6 Å². The van der Waals surface area contributed by atoms with Gasteiger partial charge in [-0.2, -0.15) is 0 Å². The summed E-state index contributed by atoms with van der Waals surface area (Å²) in [6, 6.07) is 4.70. The third-order valence-electron chi connectivity index (χ3n) is 2.49. The lowest BCUT2D eigenvalue weighted by atomic mass is 10.2. The van der Waals surface area contributed by atoms with E-state index in [4.69, 9.17) is 16.7 Å². The first-order chi connectivity index (χ1) is 8.86. The molecule has 1 aromatic heterocycles. The summed E-state index contributed by atoms with van der Waals surface area (Å²) in [5.74, 6) is 0. The van der Waals surface area contributed by atoms with Gasteiger partial charge in [0.2, 0.25) is 10.0 Å². The number of halogens is 1. The Morgan fingerprint density at radius 1 is 1.47 bits per heavy atom. The molecule has 1 heterocycles. The van der Waals surface area contributed by atoms with Gasteiger partial charge in [0.1, 0.15) is 9.34 Å². The van der Waals surface area contributed by atoms with Crippen LogP contribution < -0.4 is 10.5 Å². The Bertz CT molecular complexity index is 698. The molecule has 8 heteroatoms. The Balaban J connectivity index is 2.20. The van der Waals surface area contributed by atoms with Gasteiger partial charge in [0.15, 0.2) is 0 Å². The van der Waals surface area contributed by atoms with E-state index in [2.05, 4.69) is 10.3 Å². The molecule has 2 rings (SSSR count). The van der Waals surface area contributed by atoms with Gasteiger partial charge in [-0.3, -0.25) is 0 Å². The number of benzene rings is 1. The zero-order valence-corrected chi connectivity index (χ0v) is 12.4. The lowest BCUT2D eigenvalue weighted by Crippen LogP contribution is -2.12. The lowest BCUT2D eigenvalue weighted by molar-refractivity contribution is 0.598. The highest BCUT2D eigenvalue weighted by atomic mass is 35.5. The summed E-state index contributed by atoms with van der Waals surface area (Å²) in [5, 5.41) is 9.05. The summed E-state index contributed by atoms with van der Waals surface area (Å²) in [7, 11) is -3.70. The largest absolute Gasteiger partial charge is 0.378 e. The fraction of sp³-hybridized carbons (Fsp3) is 0.182. The average molecular weight is 318 g/mol. The molecule has 0 unspecified atom stereocenters. The maximum Gasteiger partial charge on any atom is 0.238 e. The van der Waals surface area contributed by atoms with Crippen molar-refractivity contribution in [1.82, 2.24) is 4.98 Å². The minimum Gasteiger partial charge on any atom is -0.378 e. The number of aryl methyl sites for hydroxylation is 1. The fourth-order valence-corrected chi connectivity index (χ4v) is 2.95. The molecule has 0 aliphatic rings. The molecular formula is C11H12ClN3O2S2. The standard InChI is InChI=1S/C11H12ClN3O2S2/c1-7-2-3-8(19(13,16)17)4-9(7)14-6-11-15-5-10(12)18-11/h2-5,14H,6H2,1H3,(H2,13,16,17). The van der Waals surface area contributed by atoms with Crippen molar-refractivity contribution in [2.75, 3.05) is 5.32 Å². The first-order valence-corrected chi connectivity index (χ1v) is 8.08. The third kappa shape index (κ3) is 3.66. The van der Waals surface area contributed by atoms with E-state index < -0.39 is 10.0 Å². The number of rotatable bonds is 4. The monoisotopic (exact) mass is 317 g/mol. The van der Waals surface area contributed by atoms with Crippen molar-refractivity contribution in [1.29, 1.82) is 0 Å². The minimum atomic E-state index is -3.70. The number of anilines is 1. The highest BCUT2D eigenvalue weighted by Crippen LogP contribution is 2.22. The second kappa shape index (κ2) is 5.46. The van der Waals surface area contributed by atoms with Crippen LogP contribution >= 0.6 is 22.9 Å². The number of nitrogens with zero attached hydrogens (tertiary/aromatic N) is 1. The van der Waals surface area contributed by atoms with Gasteiger partial charge in [-0.1, -0.05) is 17.7 Å². The van der Waals surface area contributed by atoms with Crippen LogP contribution in [-0.2, 0) is 16.6 Å². The molecule has 0 fully saturated rings. The van der Waals surface area contributed by atoms with Crippen molar-refractivity contribution in [2.45, 2.75) is 18.4 Å².